The lowest BCUT2D eigenvalue weighted by Crippen LogP contribution is -2.48. The summed E-state index contributed by atoms with van der Waals surface area (Å²) < 4.78 is 73.5. The first-order valence-corrected chi connectivity index (χ1v) is 15.6. The number of sulfonamides is 1. The summed E-state index contributed by atoms with van der Waals surface area (Å²) in [6, 6.07) is 15.3. The molecule has 3 aromatic rings. The van der Waals surface area contributed by atoms with Gasteiger partial charge in [-0.15, -0.1) is 0 Å². The second-order valence-electron chi connectivity index (χ2n) is 11.0. The van der Waals surface area contributed by atoms with Crippen molar-refractivity contribution in [1.82, 2.24) is 9.80 Å². The molecule has 0 aliphatic carbocycles. The Bertz CT molecular complexity index is 1600. The number of urea groups is 1. The third-order valence-electron chi connectivity index (χ3n) is 7.49. The standard InChI is InChI=1S/C31H35F3N4O6S/c1-20-17-38(21(2)19-39)29(40)16-22-15-25(36-45(42,43)26-7-5-4-6-8-26)13-14-27(22)44-28(20)18-37(3)30(41)35-24-11-9-23(10-12-24)31(32,33)34/h4-15,20-21,28,36,39H,16-19H2,1-3H3,(H,35,41)/t20-,21+,28+/m1/s1. The molecular weight excluding hydrogens is 613 g/mol. The molecule has 3 N–H and O–H groups in total. The van der Waals surface area contributed by atoms with E-state index >= 15 is 0 Å². The van der Waals surface area contributed by atoms with E-state index in [1.165, 1.54) is 41.1 Å². The first kappa shape index (κ1) is 33.6. The molecule has 1 aliphatic heterocycles. The number of nitrogens with one attached hydrogen (secondary N) is 2. The summed E-state index contributed by atoms with van der Waals surface area (Å²) in [6.07, 6.45) is -5.31. The number of benzene rings is 3. The Morgan fingerprint density at radius 2 is 1.73 bits per heavy atom. The van der Waals surface area contributed by atoms with Crippen LogP contribution in [0.25, 0.3) is 0 Å². The minimum atomic E-state index is -4.50. The molecule has 0 aromatic heterocycles. The zero-order valence-corrected chi connectivity index (χ0v) is 25.7. The zero-order chi connectivity index (χ0) is 32.9. The molecule has 0 radical (unpaired) electrons. The third kappa shape index (κ3) is 8.45. The van der Waals surface area contributed by atoms with Gasteiger partial charge in [0.1, 0.15) is 11.9 Å². The Morgan fingerprint density at radius 1 is 1.09 bits per heavy atom. The normalized spacial score (nSPS) is 18.0. The fraction of sp³-hybridized carbons (Fsp3) is 0.355. The van der Waals surface area contributed by atoms with Gasteiger partial charge >= 0.3 is 12.2 Å². The van der Waals surface area contributed by atoms with E-state index < -0.39 is 39.9 Å². The Balaban J connectivity index is 1.58. The van der Waals surface area contributed by atoms with Crippen molar-refractivity contribution < 1.29 is 41.0 Å². The van der Waals surface area contributed by atoms with Crippen molar-refractivity contribution in [3.8, 4) is 5.75 Å². The van der Waals surface area contributed by atoms with Gasteiger partial charge in [-0.05, 0) is 61.5 Å². The van der Waals surface area contributed by atoms with E-state index in [2.05, 4.69) is 10.0 Å². The molecule has 1 heterocycles. The van der Waals surface area contributed by atoms with Gasteiger partial charge in [-0.1, -0.05) is 25.1 Å². The molecule has 0 bridgehead atoms. The predicted molar refractivity (Wildman–Crippen MR) is 162 cm³/mol. The summed E-state index contributed by atoms with van der Waals surface area (Å²) in [5.41, 5.74) is -0.0489. The number of anilines is 2. The maximum atomic E-state index is 13.4. The van der Waals surface area contributed by atoms with Crippen molar-refractivity contribution in [2.45, 2.75) is 43.5 Å². The Kier molecular flexibility index (Phi) is 10.3. The second kappa shape index (κ2) is 13.8. The quantitative estimate of drug-likeness (QED) is 0.322. The van der Waals surface area contributed by atoms with Crippen molar-refractivity contribution in [3.63, 3.8) is 0 Å². The van der Waals surface area contributed by atoms with Gasteiger partial charge in [0, 0.05) is 36.4 Å². The lowest BCUT2D eigenvalue weighted by atomic mass is 10.0. The highest BCUT2D eigenvalue weighted by molar-refractivity contribution is 7.92. The third-order valence-corrected chi connectivity index (χ3v) is 8.88. The van der Waals surface area contributed by atoms with Crippen LogP contribution in [0.4, 0.5) is 29.3 Å². The highest BCUT2D eigenvalue weighted by atomic mass is 32.2. The number of rotatable bonds is 8. The minimum Gasteiger partial charge on any atom is -0.488 e. The molecule has 0 saturated carbocycles. The summed E-state index contributed by atoms with van der Waals surface area (Å²) in [5.74, 6) is -0.324. The van der Waals surface area contributed by atoms with E-state index in [1.54, 1.807) is 31.2 Å². The fourth-order valence-electron chi connectivity index (χ4n) is 4.84. The van der Waals surface area contributed by atoms with Crippen LogP contribution in [0.3, 0.4) is 0 Å². The Labute approximate surface area is 259 Å². The van der Waals surface area contributed by atoms with Crippen LogP contribution in [0.2, 0.25) is 0 Å². The van der Waals surface area contributed by atoms with E-state index in [-0.39, 0.29) is 54.2 Å². The molecule has 14 heteroatoms. The van der Waals surface area contributed by atoms with E-state index in [9.17, 15) is 36.3 Å². The molecule has 0 fully saturated rings. The highest BCUT2D eigenvalue weighted by Gasteiger charge is 2.33. The molecule has 3 atom stereocenters. The summed E-state index contributed by atoms with van der Waals surface area (Å²) in [6.45, 7) is 3.48. The molecule has 4 rings (SSSR count). The number of ether oxygens (including phenoxy) is 1. The largest absolute Gasteiger partial charge is 0.488 e. The second-order valence-corrected chi connectivity index (χ2v) is 12.7. The number of carbonyl (C=O) groups is 2. The average Bonchev–Trinajstić information content (AvgIpc) is 3.04. The zero-order valence-electron chi connectivity index (χ0n) is 24.9. The van der Waals surface area contributed by atoms with Gasteiger partial charge in [0.05, 0.1) is 36.1 Å². The molecule has 3 aromatic carbocycles. The highest BCUT2D eigenvalue weighted by Crippen LogP contribution is 2.31. The van der Waals surface area contributed by atoms with Crippen molar-refractivity contribution in [1.29, 1.82) is 0 Å². The molecule has 0 unspecified atom stereocenters. The molecule has 45 heavy (non-hydrogen) atoms. The molecule has 0 spiro atoms. The maximum Gasteiger partial charge on any atom is 0.416 e. The molecule has 3 amide bonds. The van der Waals surface area contributed by atoms with Crippen LogP contribution in [0.15, 0.2) is 77.7 Å². The van der Waals surface area contributed by atoms with Crippen LogP contribution in [0.1, 0.15) is 25.0 Å². The molecule has 242 valence electrons. The maximum absolute atomic E-state index is 13.4. The number of alkyl halides is 3. The summed E-state index contributed by atoms with van der Waals surface area (Å²) >= 11 is 0. The van der Waals surface area contributed by atoms with E-state index in [4.69, 9.17) is 4.74 Å². The number of hydrogen-bond acceptors (Lipinski definition) is 6. The SMILES string of the molecule is C[C@@H]1CN([C@@H](C)CO)C(=O)Cc2cc(NS(=O)(=O)c3ccccc3)ccc2O[C@H]1CN(C)C(=O)Nc1ccc(C(F)(F)F)cc1. The van der Waals surface area contributed by atoms with Crippen molar-refractivity contribution in [2.24, 2.45) is 5.92 Å². The molecular formula is C31H35F3N4O6S. The lowest BCUT2D eigenvalue weighted by molar-refractivity contribution is -0.137. The Morgan fingerprint density at radius 3 is 2.36 bits per heavy atom. The number of amides is 3. The van der Waals surface area contributed by atoms with Gasteiger partial charge in [0.25, 0.3) is 10.0 Å². The number of carbonyl (C=O) groups excluding carboxylic acids is 2. The summed E-state index contributed by atoms with van der Waals surface area (Å²) in [7, 11) is -2.41. The summed E-state index contributed by atoms with van der Waals surface area (Å²) in [4.78, 5) is 29.3. The van der Waals surface area contributed by atoms with E-state index in [0.29, 0.717) is 11.3 Å². The van der Waals surface area contributed by atoms with Crippen LogP contribution in [0, 0.1) is 5.92 Å². The van der Waals surface area contributed by atoms with Crippen molar-refractivity contribution >= 4 is 33.3 Å². The van der Waals surface area contributed by atoms with Gasteiger partial charge in [-0.25, -0.2) is 13.2 Å². The minimum absolute atomic E-state index is 0.0327. The molecule has 1 aliphatic rings. The number of halogens is 3. The van der Waals surface area contributed by atoms with Gasteiger partial charge in [-0.3, -0.25) is 9.52 Å². The summed E-state index contributed by atoms with van der Waals surface area (Å²) in [5, 5.41) is 12.4. The van der Waals surface area contributed by atoms with Crippen LogP contribution >= 0.6 is 0 Å². The lowest BCUT2D eigenvalue weighted by Gasteiger charge is -2.34. The predicted octanol–water partition coefficient (Wildman–Crippen LogP) is 4.82. The Hall–Kier alpha value is -4.30. The number of hydrogen-bond donors (Lipinski definition) is 3. The van der Waals surface area contributed by atoms with Crippen molar-refractivity contribution in [2.75, 3.05) is 36.8 Å². The monoisotopic (exact) mass is 648 g/mol. The number of nitrogens with zero attached hydrogens (tertiary/aromatic N) is 2. The van der Waals surface area contributed by atoms with Crippen LogP contribution in [-0.4, -0.2) is 74.2 Å². The number of fused-ring (bicyclic) bond motifs is 1. The number of aliphatic hydroxyl groups is 1. The van der Waals surface area contributed by atoms with Gasteiger partial charge in [0.2, 0.25) is 5.91 Å². The molecule has 10 nitrogen and oxygen atoms in total. The smallest absolute Gasteiger partial charge is 0.416 e. The van der Waals surface area contributed by atoms with Crippen LogP contribution < -0.4 is 14.8 Å². The molecule has 0 saturated heterocycles. The number of likely N-dealkylation sites (N-methyl/N-ethyl adjacent to an activating group) is 1. The topological polar surface area (TPSA) is 128 Å². The fourth-order valence-corrected chi connectivity index (χ4v) is 5.91. The van der Waals surface area contributed by atoms with Gasteiger partial charge in [-0.2, -0.15) is 13.2 Å². The van der Waals surface area contributed by atoms with Gasteiger partial charge < -0.3 is 25.0 Å². The average molecular weight is 649 g/mol. The van der Waals surface area contributed by atoms with Crippen molar-refractivity contribution in [3.05, 3.63) is 83.9 Å². The van der Waals surface area contributed by atoms with E-state index in [1.807, 2.05) is 6.92 Å². The van der Waals surface area contributed by atoms with Crippen LogP contribution in [0.5, 0.6) is 5.75 Å². The van der Waals surface area contributed by atoms with E-state index in [0.717, 1.165) is 24.3 Å². The van der Waals surface area contributed by atoms with Gasteiger partial charge in [0.15, 0.2) is 0 Å². The first-order valence-electron chi connectivity index (χ1n) is 14.1. The first-order chi connectivity index (χ1) is 21.2. The number of aliphatic hydroxyl groups excluding tert-OH is 1. The van der Waals surface area contributed by atoms with Crippen LogP contribution in [-0.2, 0) is 27.4 Å².